The molecule has 0 fully saturated rings. The molecule has 2 aromatic carbocycles. The molecule has 0 atom stereocenters. The van der Waals surface area contributed by atoms with Crippen LogP contribution in [0.1, 0.15) is 11.3 Å². The first-order chi connectivity index (χ1) is 12.5. The monoisotopic (exact) mass is 352 g/mol. The standard InChI is InChI=1S/C20H17FN2O3/c21-16-9-6-14(7-10-16)8-11-17-20(26)23(13-19(24)25)18(12-22-17)15-4-2-1-3-5-15/h1-7,9-10,12H,8,11,13H2,(H,24,25). The molecule has 3 rings (SSSR count). The Kier molecular flexibility index (Phi) is 5.22. The van der Waals surface area contributed by atoms with Gasteiger partial charge in [-0.25, -0.2) is 4.39 Å². The van der Waals surface area contributed by atoms with Crippen molar-refractivity contribution in [3.05, 3.63) is 88.2 Å². The molecule has 1 heterocycles. The highest BCUT2D eigenvalue weighted by molar-refractivity contribution is 5.68. The Morgan fingerprint density at radius 1 is 1.04 bits per heavy atom. The van der Waals surface area contributed by atoms with E-state index in [2.05, 4.69) is 4.98 Å². The Morgan fingerprint density at radius 2 is 1.73 bits per heavy atom. The van der Waals surface area contributed by atoms with E-state index >= 15 is 0 Å². The molecule has 0 saturated heterocycles. The highest BCUT2D eigenvalue weighted by Gasteiger charge is 2.14. The van der Waals surface area contributed by atoms with Crippen LogP contribution >= 0.6 is 0 Å². The fraction of sp³-hybridized carbons (Fsp3) is 0.150. The second-order valence-electron chi connectivity index (χ2n) is 5.87. The topological polar surface area (TPSA) is 72.2 Å². The minimum atomic E-state index is -1.10. The molecule has 0 amide bonds. The van der Waals surface area contributed by atoms with Gasteiger partial charge in [0.25, 0.3) is 5.56 Å². The molecule has 6 heteroatoms. The lowest BCUT2D eigenvalue weighted by Crippen LogP contribution is -2.29. The maximum absolute atomic E-state index is 13.0. The molecule has 132 valence electrons. The molecule has 0 aliphatic rings. The molecule has 1 N–H and O–H groups in total. The fourth-order valence-electron chi connectivity index (χ4n) is 2.75. The van der Waals surface area contributed by atoms with Crippen LogP contribution in [-0.4, -0.2) is 20.6 Å². The van der Waals surface area contributed by atoms with Crippen LogP contribution in [0.4, 0.5) is 4.39 Å². The Morgan fingerprint density at radius 3 is 2.38 bits per heavy atom. The van der Waals surface area contributed by atoms with Gasteiger partial charge in [-0.3, -0.25) is 19.1 Å². The number of benzene rings is 2. The molecule has 0 bridgehead atoms. The van der Waals surface area contributed by atoms with Crippen molar-refractivity contribution in [1.29, 1.82) is 0 Å². The summed E-state index contributed by atoms with van der Waals surface area (Å²) in [7, 11) is 0. The molecule has 26 heavy (non-hydrogen) atoms. The summed E-state index contributed by atoms with van der Waals surface area (Å²) in [6.07, 6.45) is 2.39. The number of aromatic nitrogens is 2. The lowest BCUT2D eigenvalue weighted by atomic mass is 10.1. The maximum Gasteiger partial charge on any atom is 0.323 e. The van der Waals surface area contributed by atoms with Gasteiger partial charge in [0, 0.05) is 0 Å². The Bertz CT molecular complexity index is 967. The Hall–Kier alpha value is -3.28. The van der Waals surface area contributed by atoms with Crippen molar-refractivity contribution in [3.63, 3.8) is 0 Å². The summed E-state index contributed by atoms with van der Waals surface area (Å²) in [5, 5.41) is 9.17. The third-order valence-electron chi connectivity index (χ3n) is 4.05. The zero-order valence-corrected chi connectivity index (χ0v) is 13.9. The number of aliphatic carboxylic acids is 1. The molecular formula is C20H17FN2O3. The summed E-state index contributed by atoms with van der Waals surface area (Å²) >= 11 is 0. The van der Waals surface area contributed by atoms with Gasteiger partial charge < -0.3 is 5.11 Å². The maximum atomic E-state index is 13.0. The largest absolute Gasteiger partial charge is 0.480 e. The number of carboxylic acid groups (broad SMARTS) is 1. The predicted molar refractivity (Wildman–Crippen MR) is 95.4 cm³/mol. The van der Waals surface area contributed by atoms with E-state index in [1.807, 2.05) is 18.2 Å². The van der Waals surface area contributed by atoms with Crippen LogP contribution in [0.5, 0.6) is 0 Å². The van der Waals surface area contributed by atoms with Crippen molar-refractivity contribution in [2.45, 2.75) is 19.4 Å². The molecule has 0 aliphatic carbocycles. The summed E-state index contributed by atoms with van der Waals surface area (Å²) in [5.41, 5.74) is 1.93. The molecule has 0 unspecified atom stereocenters. The highest BCUT2D eigenvalue weighted by atomic mass is 19.1. The third-order valence-corrected chi connectivity index (χ3v) is 4.05. The lowest BCUT2D eigenvalue weighted by Gasteiger charge is -2.12. The predicted octanol–water partition coefficient (Wildman–Crippen LogP) is 2.92. The SMILES string of the molecule is O=C(O)Cn1c(-c2ccccc2)cnc(CCc2ccc(F)cc2)c1=O. The second kappa shape index (κ2) is 7.74. The number of rotatable bonds is 6. The highest BCUT2D eigenvalue weighted by Crippen LogP contribution is 2.17. The van der Waals surface area contributed by atoms with Crippen LogP contribution in [-0.2, 0) is 24.2 Å². The number of hydrogen-bond donors (Lipinski definition) is 1. The van der Waals surface area contributed by atoms with Crippen LogP contribution in [0, 0.1) is 5.82 Å². The van der Waals surface area contributed by atoms with E-state index in [9.17, 15) is 19.1 Å². The first kappa shape index (κ1) is 17.5. The van der Waals surface area contributed by atoms with E-state index < -0.39 is 18.1 Å². The van der Waals surface area contributed by atoms with Gasteiger partial charge in [-0.1, -0.05) is 42.5 Å². The smallest absolute Gasteiger partial charge is 0.323 e. The quantitative estimate of drug-likeness (QED) is 0.740. The lowest BCUT2D eigenvalue weighted by molar-refractivity contribution is -0.137. The van der Waals surface area contributed by atoms with Crippen LogP contribution < -0.4 is 5.56 Å². The minimum absolute atomic E-state index is 0.287. The first-order valence-electron chi connectivity index (χ1n) is 8.15. The second-order valence-corrected chi connectivity index (χ2v) is 5.87. The number of hydrogen-bond acceptors (Lipinski definition) is 3. The Labute approximate surface area is 149 Å². The number of aryl methyl sites for hydroxylation is 2. The summed E-state index contributed by atoms with van der Waals surface area (Å²) in [6.45, 7) is -0.435. The molecule has 0 spiro atoms. The van der Waals surface area contributed by atoms with Gasteiger partial charge >= 0.3 is 5.97 Å². The van der Waals surface area contributed by atoms with E-state index in [0.717, 1.165) is 11.1 Å². The average molecular weight is 352 g/mol. The molecule has 3 aromatic rings. The number of carbonyl (C=O) groups is 1. The van der Waals surface area contributed by atoms with Gasteiger partial charge in [0.05, 0.1) is 11.9 Å². The first-order valence-corrected chi connectivity index (χ1v) is 8.15. The van der Waals surface area contributed by atoms with Crippen LogP contribution in [0.15, 0.2) is 65.6 Å². The Balaban J connectivity index is 1.93. The summed E-state index contributed by atoms with van der Waals surface area (Å²) in [4.78, 5) is 28.2. The van der Waals surface area contributed by atoms with Gasteiger partial charge in [-0.05, 0) is 36.1 Å². The van der Waals surface area contributed by atoms with Gasteiger partial charge in [0.15, 0.2) is 0 Å². The van der Waals surface area contributed by atoms with E-state index in [1.165, 1.54) is 22.9 Å². The summed E-state index contributed by atoms with van der Waals surface area (Å²) in [5.74, 6) is -1.41. The average Bonchev–Trinajstić information content (AvgIpc) is 2.64. The van der Waals surface area contributed by atoms with Crippen molar-refractivity contribution in [2.24, 2.45) is 0 Å². The van der Waals surface area contributed by atoms with Gasteiger partial charge in [0.1, 0.15) is 18.1 Å². The van der Waals surface area contributed by atoms with Crippen molar-refractivity contribution < 1.29 is 14.3 Å². The van der Waals surface area contributed by atoms with Crippen molar-refractivity contribution in [1.82, 2.24) is 9.55 Å². The van der Waals surface area contributed by atoms with Crippen LogP contribution in [0.2, 0.25) is 0 Å². The minimum Gasteiger partial charge on any atom is -0.480 e. The van der Waals surface area contributed by atoms with Crippen LogP contribution in [0.25, 0.3) is 11.3 Å². The molecule has 0 saturated carbocycles. The van der Waals surface area contributed by atoms with Crippen LogP contribution in [0.3, 0.4) is 0 Å². The summed E-state index contributed by atoms with van der Waals surface area (Å²) < 4.78 is 14.2. The fourth-order valence-corrected chi connectivity index (χ4v) is 2.75. The number of halogens is 1. The van der Waals surface area contributed by atoms with E-state index in [4.69, 9.17) is 0 Å². The number of nitrogens with zero attached hydrogens (tertiary/aromatic N) is 2. The molecule has 0 aliphatic heterocycles. The van der Waals surface area contributed by atoms with Gasteiger partial charge in [0.2, 0.25) is 0 Å². The third kappa shape index (κ3) is 4.03. The molecule has 0 radical (unpaired) electrons. The van der Waals surface area contributed by atoms with E-state index in [1.54, 1.807) is 24.3 Å². The normalized spacial score (nSPS) is 10.7. The summed E-state index contributed by atoms with van der Waals surface area (Å²) in [6, 6.07) is 15.1. The van der Waals surface area contributed by atoms with Crippen molar-refractivity contribution in [2.75, 3.05) is 0 Å². The van der Waals surface area contributed by atoms with E-state index in [-0.39, 0.29) is 11.5 Å². The van der Waals surface area contributed by atoms with Gasteiger partial charge in [-0.2, -0.15) is 0 Å². The zero-order valence-electron chi connectivity index (χ0n) is 13.9. The van der Waals surface area contributed by atoms with Crippen molar-refractivity contribution >= 4 is 5.97 Å². The number of carboxylic acids is 1. The van der Waals surface area contributed by atoms with E-state index in [0.29, 0.717) is 18.5 Å². The molecule has 1 aromatic heterocycles. The zero-order chi connectivity index (χ0) is 18.5. The van der Waals surface area contributed by atoms with Gasteiger partial charge in [-0.15, -0.1) is 0 Å². The van der Waals surface area contributed by atoms with Crippen molar-refractivity contribution in [3.8, 4) is 11.3 Å². The molecular weight excluding hydrogens is 335 g/mol. The molecule has 5 nitrogen and oxygen atoms in total.